The number of hydrogen-bond acceptors (Lipinski definition) is 5. The van der Waals surface area contributed by atoms with Crippen LogP contribution in [0.3, 0.4) is 0 Å². The number of hydrogen-bond donors (Lipinski definition) is 2. The first-order valence-electron chi connectivity index (χ1n) is 9.83. The minimum Gasteiger partial charge on any atom is -0.345 e. The van der Waals surface area contributed by atoms with Crippen molar-refractivity contribution < 1.29 is 22.8 Å². The van der Waals surface area contributed by atoms with E-state index in [4.69, 9.17) is 23.2 Å². The molecule has 0 aliphatic carbocycles. The molecule has 0 fully saturated rings. The molecular weight excluding hydrogens is 514 g/mol. The van der Waals surface area contributed by atoms with Crippen LogP contribution in [0.15, 0.2) is 47.6 Å². The Morgan fingerprint density at radius 3 is 2.53 bits per heavy atom. The van der Waals surface area contributed by atoms with Crippen LogP contribution >= 0.6 is 35.0 Å². The average Bonchev–Trinajstić information content (AvgIpc) is 3.19. The molecule has 180 valence electrons. The Kier molecular flexibility index (Phi) is 8.45. The number of nitrogens with one attached hydrogen (secondary N) is 2. The highest BCUT2D eigenvalue weighted by Gasteiger charge is 2.30. The molecule has 1 aromatic heterocycles. The molecule has 13 heteroatoms. The molecule has 2 N–H and O–H groups in total. The van der Waals surface area contributed by atoms with Crippen molar-refractivity contribution in [2.75, 3.05) is 11.1 Å². The van der Waals surface area contributed by atoms with Crippen LogP contribution in [0, 0.1) is 0 Å². The first kappa shape index (κ1) is 25.9. The third-order valence-electron chi connectivity index (χ3n) is 4.50. The van der Waals surface area contributed by atoms with E-state index >= 15 is 0 Å². The summed E-state index contributed by atoms with van der Waals surface area (Å²) in [5, 5.41) is 14.3. The topological polar surface area (TPSA) is 88.9 Å². The first-order valence-corrected chi connectivity index (χ1v) is 11.6. The molecule has 0 radical (unpaired) electrons. The number of carbonyl (C=O) groups is 2. The van der Waals surface area contributed by atoms with Gasteiger partial charge in [0.05, 0.1) is 27.9 Å². The van der Waals surface area contributed by atoms with Crippen LogP contribution in [-0.4, -0.2) is 32.3 Å². The van der Waals surface area contributed by atoms with Crippen molar-refractivity contribution in [3.63, 3.8) is 0 Å². The molecule has 34 heavy (non-hydrogen) atoms. The highest BCUT2D eigenvalue weighted by atomic mass is 35.5. The number of rotatable bonds is 8. The number of alkyl halides is 3. The van der Waals surface area contributed by atoms with Crippen LogP contribution in [0.4, 0.5) is 18.9 Å². The summed E-state index contributed by atoms with van der Waals surface area (Å²) >= 11 is 12.9. The van der Waals surface area contributed by atoms with Crippen molar-refractivity contribution in [1.82, 2.24) is 20.1 Å². The summed E-state index contributed by atoms with van der Waals surface area (Å²) in [4.78, 5) is 24.6. The average molecular weight is 532 g/mol. The molecule has 0 aliphatic heterocycles. The van der Waals surface area contributed by atoms with Crippen LogP contribution < -0.4 is 10.6 Å². The van der Waals surface area contributed by atoms with Gasteiger partial charge < -0.3 is 15.2 Å². The van der Waals surface area contributed by atoms with Gasteiger partial charge in [-0.2, -0.15) is 13.2 Å². The van der Waals surface area contributed by atoms with E-state index in [9.17, 15) is 22.8 Å². The van der Waals surface area contributed by atoms with Gasteiger partial charge in [-0.25, -0.2) is 0 Å². The van der Waals surface area contributed by atoms with E-state index in [1.165, 1.54) is 24.3 Å². The van der Waals surface area contributed by atoms with Crippen molar-refractivity contribution in [2.24, 2.45) is 0 Å². The number of halogens is 5. The van der Waals surface area contributed by atoms with Crippen molar-refractivity contribution in [3.05, 3.63) is 69.5 Å². The van der Waals surface area contributed by atoms with Gasteiger partial charge in [0.1, 0.15) is 0 Å². The Morgan fingerprint density at radius 1 is 1.09 bits per heavy atom. The third-order valence-corrected chi connectivity index (χ3v) is 6.21. The van der Waals surface area contributed by atoms with Gasteiger partial charge in [-0.05, 0) is 43.3 Å². The van der Waals surface area contributed by atoms with E-state index in [-0.39, 0.29) is 28.9 Å². The number of aromatic nitrogens is 3. The highest BCUT2D eigenvalue weighted by molar-refractivity contribution is 7.99. The zero-order valence-corrected chi connectivity index (χ0v) is 19.9. The lowest BCUT2D eigenvalue weighted by Crippen LogP contribution is -2.24. The molecule has 0 aliphatic rings. The lowest BCUT2D eigenvalue weighted by atomic mass is 10.2. The second kappa shape index (κ2) is 11.1. The Labute approximate surface area is 207 Å². The van der Waals surface area contributed by atoms with Gasteiger partial charge in [-0.3, -0.25) is 9.59 Å². The second-order valence-electron chi connectivity index (χ2n) is 6.87. The Bertz CT molecular complexity index is 1200. The lowest BCUT2D eigenvalue weighted by Gasteiger charge is -2.10. The Hall–Kier alpha value is -2.76. The molecule has 0 saturated heterocycles. The third kappa shape index (κ3) is 6.64. The van der Waals surface area contributed by atoms with Gasteiger partial charge in [0.25, 0.3) is 5.91 Å². The Balaban J connectivity index is 1.58. The largest absolute Gasteiger partial charge is 0.416 e. The van der Waals surface area contributed by atoms with E-state index in [0.29, 0.717) is 28.1 Å². The number of nitrogens with zero attached hydrogens (tertiary/aromatic N) is 3. The summed E-state index contributed by atoms with van der Waals surface area (Å²) in [6, 6.07) is 8.90. The van der Waals surface area contributed by atoms with Crippen LogP contribution in [0.2, 0.25) is 10.0 Å². The fraction of sp³-hybridized carbons (Fsp3) is 0.238. The van der Waals surface area contributed by atoms with Gasteiger partial charge in [-0.1, -0.05) is 41.0 Å². The van der Waals surface area contributed by atoms with Gasteiger partial charge in [0.2, 0.25) is 5.91 Å². The summed E-state index contributed by atoms with van der Waals surface area (Å²) in [5.74, 6) is -0.496. The van der Waals surface area contributed by atoms with Crippen molar-refractivity contribution >= 4 is 52.5 Å². The number of thioether (sulfide) groups is 1. The number of benzene rings is 2. The molecule has 0 spiro atoms. The smallest absolute Gasteiger partial charge is 0.345 e. The van der Waals surface area contributed by atoms with E-state index in [0.717, 1.165) is 23.9 Å². The molecule has 2 aromatic carbocycles. The van der Waals surface area contributed by atoms with E-state index in [1.54, 1.807) is 10.6 Å². The van der Waals surface area contributed by atoms with E-state index in [1.807, 2.05) is 6.92 Å². The van der Waals surface area contributed by atoms with Crippen molar-refractivity contribution in [1.29, 1.82) is 0 Å². The maximum absolute atomic E-state index is 12.8. The highest BCUT2D eigenvalue weighted by Crippen LogP contribution is 2.30. The normalized spacial score (nSPS) is 11.4. The van der Waals surface area contributed by atoms with E-state index in [2.05, 4.69) is 20.8 Å². The maximum atomic E-state index is 12.8. The molecule has 0 bridgehead atoms. The predicted molar refractivity (Wildman–Crippen MR) is 124 cm³/mol. The minimum absolute atomic E-state index is 0.0445. The van der Waals surface area contributed by atoms with Crippen LogP contribution in [-0.2, 0) is 24.1 Å². The van der Waals surface area contributed by atoms with Crippen molar-refractivity contribution in [3.8, 4) is 0 Å². The summed E-state index contributed by atoms with van der Waals surface area (Å²) in [7, 11) is 0. The summed E-state index contributed by atoms with van der Waals surface area (Å²) in [6.07, 6.45) is -4.50. The molecule has 1 heterocycles. The molecule has 7 nitrogen and oxygen atoms in total. The minimum atomic E-state index is -4.50. The predicted octanol–water partition coefficient (Wildman–Crippen LogP) is 5.28. The van der Waals surface area contributed by atoms with Gasteiger partial charge in [0, 0.05) is 17.8 Å². The zero-order chi connectivity index (χ0) is 24.9. The number of anilines is 1. The molecule has 0 saturated carbocycles. The quantitative estimate of drug-likeness (QED) is 0.386. The summed E-state index contributed by atoms with van der Waals surface area (Å²) < 4.78 is 40.2. The second-order valence-corrected chi connectivity index (χ2v) is 8.63. The SMILES string of the molecule is CCn1c(CNC(=O)c2ccc(Cl)c(Cl)c2)nnc1SCC(=O)Nc1cccc(C(F)(F)F)c1. The van der Waals surface area contributed by atoms with Gasteiger partial charge in [-0.15, -0.1) is 10.2 Å². The first-order chi connectivity index (χ1) is 16.1. The summed E-state index contributed by atoms with van der Waals surface area (Å²) in [5.41, 5.74) is -0.475. The van der Waals surface area contributed by atoms with Crippen LogP contribution in [0.1, 0.15) is 28.7 Å². The molecule has 0 atom stereocenters. The molecular formula is C21H18Cl2F3N5O2S. The fourth-order valence-electron chi connectivity index (χ4n) is 2.87. The number of carbonyl (C=O) groups excluding carboxylic acids is 2. The molecule has 0 unspecified atom stereocenters. The van der Waals surface area contributed by atoms with Crippen LogP contribution in [0.5, 0.6) is 0 Å². The standard InChI is InChI=1S/C21H18Cl2F3N5O2S/c1-2-31-17(10-27-19(33)12-6-7-15(22)16(23)8-12)29-30-20(31)34-11-18(32)28-14-5-3-4-13(9-14)21(24,25)26/h3-9H,2,10-11H2,1H3,(H,27,33)(H,28,32). The molecule has 2 amide bonds. The number of amides is 2. The van der Waals surface area contributed by atoms with Gasteiger partial charge in [0.15, 0.2) is 11.0 Å². The van der Waals surface area contributed by atoms with Crippen molar-refractivity contribution in [2.45, 2.75) is 31.3 Å². The monoisotopic (exact) mass is 531 g/mol. The fourth-order valence-corrected chi connectivity index (χ4v) is 3.99. The van der Waals surface area contributed by atoms with Gasteiger partial charge >= 0.3 is 6.18 Å². The lowest BCUT2D eigenvalue weighted by molar-refractivity contribution is -0.137. The zero-order valence-electron chi connectivity index (χ0n) is 17.6. The Morgan fingerprint density at radius 2 is 1.85 bits per heavy atom. The van der Waals surface area contributed by atoms with Crippen LogP contribution in [0.25, 0.3) is 0 Å². The maximum Gasteiger partial charge on any atom is 0.416 e. The summed E-state index contributed by atoms with van der Waals surface area (Å²) in [6.45, 7) is 2.40. The molecule has 3 aromatic rings. The molecule has 3 rings (SSSR count). The van der Waals surface area contributed by atoms with E-state index < -0.39 is 17.6 Å².